The van der Waals surface area contributed by atoms with Crippen molar-refractivity contribution >= 4 is 23.5 Å². The number of rotatable bonds is 5. The predicted octanol–water partition coefficient (Wildman–Crippen LogP) is 2.21. The highest BCUT2D eigenvalue weighted by atomic mass is 35.5. The molecule has 23 heavy (non-hydrogen) atoms. The van der Waals surface area contributed by atoms with Crippen molar-refractivity contribution in [3.8, 4) is 11.8 Å². The molecule has 0 bridgehead atoms. The van der Waals surface area contributed by atoms with E-state index < -0.39 is 11.9 Å². The van der Waals surface area contributed by atoms with Gasteiger partial charge in [0.05, 0.1) is 29.5 Å². The number of ether oxygens (including phenoxy) is 1. The highest BCUT2D eigenvalue weighted by Crippen LogP contribution is 2.24. The zero-order valence-corrected chi connectivity index (χ0v) is 12.6. The summed E-state index contributed by atoms with van der Waals surface area (Å²) in [5.74, 6) is 0.174. The molecule has 0 saturated carbocycles. The van der Waals surface area contributed by atoms with E-state index in [1.165, 1.54) is 24.5 Å². The number of nitriles is 1. The highest BCUT2D eigenvalue weighted by Gasteiger charge is 2.10. The van der Waals surface area contributed by atoms with Crippen LogP contribution in [0.2, 0.25) is 5.02 Å². The Labute approximate surface area is 136 Å². The lowest BCUT2D eigenvalue weighted by atomic mass is 10.2. The molecule has 118 valence electrons. The van der Waals surface area contributed by atoms with E-state index in [-0.39, 0.29) is 23.9 Å². The normalized spacial score (nSPS) is 9.74. The number of amides is 3. The molecule has 0 aliphatic heterocycles. The van der Waals surface area contributed by atoms with Crippen LogP contribution in [0.5, 0.6) is 5.75 Å². The average Bonchev–Trinajstić information content (AvgIpc) is 3.05. The summed E-state index contributed by atoms with van der Waals surface area (Å²) >= 11 is 5.91. The largest absolute Gasteiger partial charge is 0.482 e. The molecule has 0 atom stereocenters. The minimum Gasteiger partial charge on any atom is -0.482 e. The Bertz CT molecular complexity index is 738. The number of nitrogens with zero attached hydrogens (tertiary/aromatic N) is 1. The third-order valence-electron chi connectivity index (χ3n) is 2.68. The minimum atomic E-state index is -0.666. The van der Waals surface area contributed by atoms with Crippen LogP contribution in [0, 0.1) is 11.3 Å². The summed E-state index contributed by atoms with van der Waals surface area (Å²) < 4.78 is 10.2. The first kappa shape index (κ1) is 16.4. The maximum atomic E-state index is 11.6. The molecule has 2 rings (SSSR count). The van der Waals surface area contributed by atoms with Crippen molar-refractivity contribution < 1.29 is 18.7 Å². The number of hydrogen-bond donors (Lipinski definition) is 2. The summed E-state index contributed by atoms with van der Waals surface area (Å²) in [6, 6.07) is 9.06. The molecular formula is C15H12ClN3O4. The number of carbonyl (C=O) groups is 2. The van der Waals surface area contributed by atoms with Crippen molar-refractivity contribution in [1.82, 2.24) is 10.6 Å². The van der Waals surface area contributed by atoms with Gasteiger partial charge in [-0.15, -0.1) is 0 Å². The second-order valence-electron chi connectivity index (χ2n) is 4.36. The Morgan fingerprint density at radius 1 is 1.35 bits per heavy atom. The molecule has 0 fully saturated rings. The lowest BCUT2D eigenvalue weighted by Crippen LogP contribution is -2.41. The molecule has 2 N–H and O–H groups in total. The average molecular weight is 334 g/mol. The fourth-order valence-corrected chi connectivity index (χ4v) is 1.85. The third-order valence-corrected chi connectivity index (χ3v) is 2.97. The van der Waals surface area contributed by atoms with E-state index in [0.29, 0.717) is 11.3 Å². The summed E-state index contributed by atoms with van der Waals surface area (Å²) in [4.78, 5) is 23.1. The number of hydrogen-bond acceptors (Lipinski definition) is 5. The second kappa shape index (κ2) is 7.87. The topological polar surface area (TPSA) is 104 Å². The third kappa shape index (κ3) is 5.05. The van der Waals surface area contributed by atoms with Crippen LogP contribution in [0.3, 0.4) is 0 Å². The van der Waals surface area contributed by atoms with E-state index in [4.69, 9.17) is 26.0 Å². The summed E-state index contributed by atoms with van der Waals surface area (Å²) in [5.41, 5.74) is 0.379. The fourth-order valence-electron chi connectivity index (χ4n) is 1.62. The summed E-state index contributed by atoms with van der Waals surface area (Å²) in [6.07, 6.45) is 1.48. The van der Waals surface area contributed by atoms with Gasteiger partial charge in [-0.3, -0.25) is 10.1 Å². The summed E-state index contributed by atoms with van der Waals surface area (Å²) in [7, 11) is 0. The van der Waals surface area contributed by atoms with Crippen molar-refractivity contribution in [2.75, 3.05) is 6.61 Å². The van der Waals surface area contributed by atoms with E-state index in [2.05, 4.69) is 10.6 Å². The van der Waals surface area contributed by atoms with Crippen LogP contribution in [0.1, 0.15) is 11.3 Å². The number of carbonyl (C=O) groups excluding carboxylic acids is 2. The molecular weight excluding hydrogens is 322 g/mol. The van der Waals surface area contributed by atoms with Crippen LogP contribution in [-0.2, 0) is 11.3 Å². The number of nitrogens with one attached hydrogen (secondary N) is 2. The molecule has 8 heteroatoms. The minimum absolute atomic E-state index is 0.161. The number of furan rings is 1. The summed E-state index contributed by atoms with van der Waals surface area (Å²) in [6.45, 7) is -0.228. The van der Waals surface area contributed by atoms with E-state index in [1.54, 1.807) is 12.1 Å². The number of imide groups is 1. The van der Waals surface area contributed by atoms with Crippen molar-refractivity contribution in [3.63, 3.8) is 0 Å². The standard InChI is InChI=1S/C15H12ClN3O4/c16-12-6-10(7-17)3-4-13(12)23-9-14(20)19-15(21)18-8-11-2-1-5-22-11/h1-6H,8-9H2,(H2,18,19,20,21). The zero-order valence-electron chi connectivity index (χ0n) is 11.8. The van der Waals surface area contributed by atoms with Crippen molar-refractivity contribution in [3.05, 3.63) is 52.9 Å². The van der Waals surface area contributed by atoms with Crippen molar-refractivity contribution in [1.29, 1.82) is 5.26 Å². The Kier molecular flexibility index (Phi) is 5.61. The number of benzene rings is 1. The SMILES string of the molecule is N#Cc1ccc(OCC(=O)NC(=O)NCc2ccco2)c(Cl)c1. The smallest absolute Gasteiger partial charge is 0.321 e. The molecule has 3 amide bonds. The van der Waals surface area contributed by atoms with Crippen LogP contribution >= 0.6 is 11.6 Å². The molecule has 7 nitrogen and oxygen atoms in total. The Morgan fingerprint density at radius 3 is 2.83 bits per heavy atom. The predicted molar refractivity (Wildman–Crippen MR) is 80.7 cm³/mol. The van der Waals surface area contributed by atoms with Gasteiger partial charge in [0.15, 0.2) is 6.61 Å². The lowest BCUT2D eigenvalue weighted by molar-refractivity contribution is -0.122. The van der Waals surface area contributed by atoms with Crippen LogP contribution in [0.4, 0.5) is 4.79 Å². The number of urea groups is 1. The van der Waals surface area contributed by atoms with E-state index >= 15 is 0 Å². The van der Waals surface area contributed by atoms with Gasteiger partial charge in [0.2, 0.25) is 0 Å². The van der Waals surface area contributed by atoms with Crippen molar-refractivity contribution in [2.24, 2.45) is 0 Å². The van der Waals surface area contributed by atoms with Crippen LogP contribution in [0.25, 0.3) is 0 Å². The molecule has 1 aromatic carbocycles. The molecule has 0 saturated heterocycles. The van der Waals surface area contributed by atoms with Crippen LogP contribution in [0.15, 0.2) is 41.0 Å². The molecule has 1 heterocycles. The first-order valence-electron chi connectivity index (χ1n) is 6.51. The Morgan fingerprint density at radius 2 is 2.17 bits per heavy atom. The van der Waals surface area contributed by atoms with E-state index in [1.807, 2.05) is 6.07 Å². The van der Waals surface area contributed by atoms with Crippen LogP contribution in [-0.4, -0.2) is 18.5 Å². The maximum Gasteiger partial charge on any atom is 0.321 e. The monoisotopic (exact) mass is 333 g/mol. The van der Waals surface area contributed by atoms with Gasteiger partial charge in [-0.2, -0.15) is 5.26 Å². The molecule has 0 radical (unpaired) electrons. The molecule has 0 unspecified atom stereocenters. The zero-order chi connectivity index (χ0) is 16.7. The molecule has 0 aliphatic rings. The van der Waals surface area contributed by atoms with Gasteiger partial charge >= 0.3 is 6.03 Å². The van der Waals surface area contributed by atoms with Crippen molar-refractivity contribution in [2.45, 2.75) is 6.54 Å². The quantitative estimate of drug-likeness (QED) is 0.872. The lowest BCUT2D eigenvalue weighted by Gasteiger charge is -2.08. The molecule has 0 spiro atoms. The van der Waals surface area contributed by atoms with Gasteiger partial charge in [-0.25, -0.2) is 4.79 Å². The van der Waals surface area contributed by atoms with Gasteiger partial charge in [0.1, 0.15) is 11.5 Å². The first-order valence-corrected chi connectivity index (χ1v) is 6.89. The highest BCUT2D eigenvalue weighted by molar-refractivity contribution is 6.32. The molecule has 0 aliphatic carbocycles. The van der Waals surface area contributed by atoms with Gasteiger partial charge in [0.25, 0.3) is 5.91 Å². The van der Waals surface area contributed by atoms with E-state index in [0.717, 1.165) is 0 Å². The molecule has 1 aromatic heterocycles. The van der Waals surface area contributed by atoms with Gasteiger partial charge in [-0.05, 0) is 30.3 Å². The Hall–Kier alpha value is -2.98. The van der Waals surface area contributed by atoms with E-state index in [9.17, 15) is 9.59 Å². The first-order chi connectivity index (χ1) is 11.1. The van der Waals surface area contributed by atoms with Crippen LogP contribution < -0.4 is 15.4 Å². The fraction of sp³-hybridized carbons (Fsp3) is 0.133. The molecule has 2 aromatic rings. The second-order valence-corrected chi connectivity index (χ2v) is 4.76. The van der Waals surface area contributed by atoms with Gasteiger partial charge < -0.3 is 14.5 Å². The van der Waals surface area contributed by atoms with Gasteiger partial charge in [0, 0.05) is 0 Å². The number of halogens is 1. The summed E-state index contributed by atoms with van der Waals surface area (Å²) in [5, 5.41) is 13.5. The van der Waals surface area contributed by atoms with Gasteiger partial charge in [-0.1, -0.05) is 11.6 Å². The maximum absolute atomic E-state index is 11.6. The Balaban J connectivity index is 1.76.